The standard InChI is InChI=1S/C16H22N2O2S/c1-11(2)12-4-3-5-14(8-12)18-10-13(9-15(18)19)16(20)17-6-7-21/h3-5,8,11,13,21H,6-7,9-10H2,1-2H3,(H,17,20). The van der Waals surface area contributed by atoms with E-state index in [9.17, 15) is 9.59 Å². The first kappa shape index (κ1) is 15.9. The fourth-order valence-corrected chi connectivity index (χ4v) is 2.62. The summed E-state index contributed by atoms with van der Waals surface area (Å²) in [5.74, 6) is 0.714. The lowest BCUT2D eigenvalue weighted by Crippen LogP contribution is -2.34. The monoisotopic (exact) mass is 306 g/mol. The number of carbonyl (C=O) groups is 2. The summed E-state index contributed by atoms with van der Waals surface area (Å²) in [5, 5.41) is 2.80. The molecule has 1 aliphatic rings. The maximum absolute atomic E-state index is 12.2. The Kier molecular flexibility index (Phi) is 5.28. The molecule has 1 heterocycles. The van der Waals surface area contributed by atoms with Crippen LogP contribution in [0.25, 0.3) is 0 Å². The molecule has 0 spiro atoms. The van der Waals surface area contributed by atoms with Crippen LogP contribution in [-0.4, -0.2) is 30.7 Å². The molecule has 1 aromatic rings. The first-order chi connectivity index (χ1) is 10.0. The van der Waals surface area contributed by atoms with Crippen molar-refractivity contribution in [3.8, 4) is 0 Å². The zero-order chi connectivity index (χ0) is 15.4. The van der Waals surface area contributed by atoms with Gasteiger partial charge in [-0.25, -0.2) is 0 Å². The lowest BCUT2D eigenvalue weighted by molar-refractivity contribution is -0.126. The molecule has 21 heavy (non-hydrogen) atoms. The van der Waals surface area contributed by atoms with Crippen LogP contribution < -0.4 is 10.2 Å². The van der Waals surface area contributed by atoms with E-state index in [0.717, 1.165) is 5.69 Å². The summed E-state index contributed by atoms with van der Waals surface area (Å²) in [6.45, 7) is 5.24. The van der Waals surface area contributed by atoms with Crippen molar-refractivity contribution in [2.24, 2.45) is 5.92 Å². The third kappa shape index (κ3) is 3.79. The number of carbonyl (C=O) groups excluding carboxylic acids is 2. The van der Waals surface area contributed by atoms with Crippen LogP contribution in [0.5, 0.6) is 0 Å². The molecule has 2 rings (SSSR count). The van der Waals surface area contributed by atoms with Crippen LogP contribution in [0, 0.1) is 5.92 Å². The van der Waals surface area contributed by atoms with E-state index in [2.05, 4.69) is 37.9 Å². The number of anilines is 1. The Bertz CT molecular complexity index is 531. The molecule has 2 amide bonds. The molecule has 1 unspecified atom stereocenters. The van der Waals surface area contributed by atoms with E-state index in [1.165, 1.54) is 5.56 Å². The topological polar surface area (TPSA) is 49.4 Å². The van der Waals surface area contributed by atoms with Crippen molar-refractivity contribution < 1.29 is 9.59 Å². The van der Waals surface area contributed by atoms with E-state index in [4.69, 9.17) is 0 Å². The van der Waals surface area contributed by atoms with E-state index >= 15 is 0 Å². The highest BCUT2D eigenvalue weighted by Gasteiger charge is 2.34. The van der Waals surface area contributed by atoms with Crippen molar-refractivity contribution in [2.45, 2.75) is 26.2 Å². The van der Waals surface area contributed by atoms with Crippen molar-refractivity contribution in [2.75, 3.05) is 23.7 Å². The molecule has 1 fully saturated rings. The molecule has 1 saturated heterocycles. The van der Waals surface area contributed by atoms with Crippen LogP contribution in [0.15, 0.2) is 24.3 Å². The number of amides is 2. The van der Waals surface area contributed by atoms with Crippen LogP contribution in [0.3, 0.4) is 0 Å². The molecule has 4 nitrogen and oxygen atoms in total. The van der Waals surface area contributed by atoms with Gasteiger partial charge in [0.25, 0.3) is 0 Å². The summed E-state index contributed by atoms with van der Waals surface area (Å²) >= 11 is 4.07. The average Bonchev–Trinajstić information content (AvgIpc) is 2.87. The summed E-state index contributed by atoms with van der Waals surface area (Å²) in [5.41, 5.74) is 2.08. The summed E-state index contributed by atoms with van der Waals surface area (Å²) in [7, 11) is 0. The molecule has 0 saturated carbocycles. The minimum Gasteiger partial charge on any atom is -0.355 e. The molecule has 0 bridgehead atoms. The fourth-order valence-electron chi connectivity index (χ4n) is 2.51. The van der Waals surface area contributed by atoms with E-state index in [0.29, 0.717) is 24.8 Å². The van der Waals surface area contributed by atoms with Gasteiger partial charge in [0.1, 0.15) is 0 Å². The second-order valence-electron chi connectivity index (χ2n) is 5.67. The molecule has 0 radical (unpaired) electrons. The van der Waals surface area contributed by atoms with Gasteiger partial charge in [-0.15, -0.1) is 0 Å². The van der Waals surface area contributed by atoms with Crippen LogP contribution in [0.4, 0.5) is 5.69 Å². The number of benzene rings is 1. The Balaban J connectivity index is 2.09. The summed E-state index contributed by atoms with van der Waals surface area (Å²) in [6.07, 6.45) is 0.282. The van der Waals surface area contributed by atoms with Crippen molar-refractivity contribution in [1.82, 2.24) is 5.32 Å². The predicted octanol–water partition coefficient (Wildman–Crippen LogP) is 2.21. The highest BCUT2D eigenvalue weighted by molar-refractivity contribution is 7.80. The molecule has 0 aliphatic carbocycles. The first-order valence-corrected chi connectivity index (χ1v) is 7.95. The summed E-state index contributed by atoms with van der Waals surface area (Å²) in [6, 6.07) is 7.99. The van der Waals surface area contributed by atoms with E-state index in [-0.39, 0.29) is 24.2 Å². The molecule has 0 aromatic heterocycles. The third-order valence-corrected chi connectivity index (χ3v) is 3.98. The zero-order valence-electron chi connectivity index (χ0n) is 12.5. The van der Waals surface area contributed by atoms with Crippen LogP contribution in [-0.2, 0) is 9.59 Å². The molecule has 5 heteroatoms. The minimum absolute atomic E-state index is 0.0157. The highest BCUT2D eigenvalue weighted by Crippen LogP contribution is 2.27. The fraction of sp³-hybridized carbons (Fsp3) is 0.500. The lowest BCUT2D eigenvalue weighted by atomic mass is 10.0. The summed E-state index contributed by atoms with van der Waals surface area (Å²) in [4.78, 5) is 25.9. The summed E-state index contributed by atoms with van der Waals surface area (Å²) < 4.78 is 0. The minimum atomic E-state index is -0.264. The Hall–Kier alpha value is -1.49. The van der Waals surface area contributed by atoms with Gasteiger partial charge >= 0.3 is 0 Å². The molecular formula is C16H22N2O2S. The second-order valence-corrected chi connectivity index (χ2v) is 6.12. The van der Waals surface area contributed by atoms with Crippen molar-refractivity contribution in [1.29, 1.82) is 0 Å². The SMILES string of the molecule is CC(C)c1cccc(N2CC(C(=O)NCCS)CC2=O)c1. The van der Waals surface area contributed by atoms with Gasteiger partial charge in [0.05, 0.1) is 5.92 Å². The largest absolute Gasteiger partial charge is 0.355 e. The van der Waals surface area contributed by atoms with Gasteiger partial charge < -0.3 is 10.2 Å². The van der Waals surface area contributed by atoms with Gasteiger partial charge in [-0.1, -0.05) is 26.0 Å². The van der Waals surface area contributed by atoms with E-state index in [1.807, 2.05) is 18.2 Å². The van der Waals surface area contributed by atoms with Gasteiger partial charge in [0.15, 0.2) is 0 Å². The molecule has 1 N–H and O–H groups in total. The Morgan fingerprint density at radius 1 is 1.48 bits per heavy atom. The number of hydrogen-bond donors (Lipinski definition) is 2. The van der Waals surface area contributed by atoms with Crippen LogP contribution in [0.1, 0.15) is 31.7 Å². The number of nitrogens with zero attached hydrogens (tertiary/aromatic N) is 1. The molecule has 114 valence electrons. The smallest absolute Gasteiger partial charge is 0.227 e. The van der Waals surface area contributed by atoms with E-state index in [1.54, 1.807) is 4.90 Å². The molecular weight excluding hydrogens is 284 g/mol. The number of hydrogen-bond acceptors (Lipinski definition) is 3. The zero-order valence-corrected chi connectivity index (χ0v) is 13.4. The van der Waals surface area contributed by atoms with E-state index < -0.39 is 0 Å². The second kappa shape index (κ2) is 6.98. The van der Waals surface area contributed by atoms with Crippen molar-refractivity contribution in [3.63, 3.8) is 0 Å². The Morgan fingerprint density at radius 3 is 2.90 bits per heavy atom. The lowest BCUT2D eigenvalue weighted by Gasteiger charge is -2.18. The average molecular weight is 306 g/mol. The van der Waals surface area contributed by atoms with Crippen molar-refractivity contribution in [3.05, 3.63) is 29.8 Å². The Labute approximate surface area is 131 Å². The number of rotatable bonds is 5. The van der Waals surface area contributed by atoms with Gasteiger partial charge in [0.2, 0.25) is 11.8 Å². The highest BCUT2D eigenvalue weighted by atomic mass is 32.1. The van der Waals surface area contributed by atoms with Gasteiger partial charge in [-0.3, -0.25) is 9.59 Å². The van der Waals surface area contributed by atoms with Gasteiger partial charge in [-0.2, -0.15) is 12.6 Å². The molecule has 1 aliphatic heterocycles. The molecule has 1 aromatic carbocycles. The quantitative estimate of drug-likeness (QED) is 0.820. The van der Waals surface area contributed by atoms with Crippen molar-refractivity contribution >= 4 is 30.1 Å². The predicted molar refractivity (Wildman–Crippen MR) is 87.9 cm³/mol. The van der Waals surface area contributed by atoms with Gasteiger partial charge in [-0.05, 0) is 23.6 Å². The number of thiol groups is 1. The maximum Gasteiger partial charge on any atom is 0.227 e. The first-order valence-electron chi connectivity index (χ1n) is 7.31. The third-order valence-electron chi connectivity index (χ3n) is 3.76. The number of nitrogens with one attached hydrogen (secondary N) is 1. The molecule has 1 atom stereocenters. The normalized spacial score (nSPS) is 18.4. The Morgan fingerprint density at radius 2 is 2.24 bits per heavy atom. The van der Waals surface area contributed by atoms with Gasteiger partial charge in [0, 0.05) is 31.0 Å². The maximum atomic E-state index is 12.2. The van der Waals surface area contributed by atoms with Crippen LogP contribution >= 0.6 is 12.6 Å². The van der Waals surface area contributed by atoms with Crippen LogP contribution in [0.2, 0.25) is 0 Å².